The van der Waals surface area contributed by atoms with Crippen molar-refractivity contribution in [1.29, 1.82) is 0 Å². The maximum Gasteiger partial charge on any atom is 0.0755 e. The molecule has 0 saturated heterocycles. The lowest BCUT2D eigenvalue weighted by molar-refractivity contribution is 0.848. The minimum atomic E-state index is 0.401. The van der Waals surface area contributed by atoms with Crippen LogP contribution in [0.2, 0.25) is 0 Å². The number of nitrogen functional groups attached to an aromatic ring is 1. The Morgan fingerprint density at radius 2 is 1.94 bits per heavy atom. The van der Waals surface area contributed by atoms with Crippen molar-refractivity contribution in [3.05, 3.63) is 35.0 Å². The zero-order valence-corrected chi connectivity index (χ0v) is 10.8. The largest absolute Gasteiger partial charge is 0.323 e. The van der Waals surface area contributed by atoms with E-state index in [4.69, 9.17) is 10.8 Å². The van der Waals surface area contributed by atoms with Crippen molar-refractivity contribution in [2.24, 2.45) is 5.84 Å². The number of aryl methyl sites for hydroxylation is 2. The van der Waals surface area contributed by atoms with E-state index >= 15 is 0 Å². The van der Waals surface area contributed by atoms with Gasteiger partial charge in [0.15, 0.2) is 0 Å². The molecule has 1 aromatic heterocycles. The minimum Gasteiger partial charge on any atom is -0.323 e. The number of nitrogens with one attached hydrogen (secondary N) is 1. The zero-order valence-electron chi connectivity index (χ0n) is 10.8. The Bertz CT molecular complexity index is 559. The van der Waals surface area contributed by atoms with Gasteiger partial charge in [-0.2, -0.15) is 0 Å². The van der Waals surface area contributed by atoms with Crippen LogP contribution in [0.1, 0.15) is 36.6 Å². The molecule has 0 radical (unpaired) electrons. The molecule has 17 heavy (non-hydrogen) atoms. The highest BCUT2D eigenvalue weighted by Crippen LogP contribution is 2.33. The van der Waals surface area contributed by atoms with E-state index in [0.29, 0.717) is 5.92 Å². The average Bonchev–Trinajstić information content (AvgIpc) is 2.28. The summed E-state index contributed by atoms with van der Waals surface area (Å²) in [5.74, 6) is 6.10. The Balaban J connectivity index is 2.90. The quantitative estimate of drug-likeness (QED) is 0.614. The smallest absolute Gasteiger partial charge is 0.0755 e. The lowest BCUT2D eigenvalue weighted by Crippen LogP contribution is -2.12. The molecule has 2 aromatic rings. The van der Waals surface area contributed by atoms with Gasteiger partial charge in [-0.1, -0.05) is 32.0 Å². The summed E-state index contributed by atoms with van der Waals surface area (Å²) in [6, 6.07) is 6.18. The van der Waals surface area contributed by atoms with Crippen molar-refractivity contribution in [1.82, 2.24) is 4.98 Å². The molecular weight excluding hydrogens is 210 g/mol. The molecule has 0 spiro atoms. The average molecular weight is 229 g/mol. The first-order chi connectivity index (χ1) is 8.06. The molecule has 0 unspecified atom stereocenters. The monoisotopic (exact) mass is 229 g/mol. The fourth-order valence-electron chi connectivity index (χ4n) is 2.42. The molecule has 90 valence electrons. The highest BCUT2D eigenvalue weighted by molar-refractivity contribution is 5.95. The van der Waals surface area contributed by atoms with Gasteiger partial charge < -0.3 is 5.43 Å². The standard InChI is InChI=1S/C14H19N3/c1-8(2)12-10(4)16-13-9(3)6-5-7-11(13)14(12)17-15/h5-8H,15H2,1-4H3,(H,16,17). The lowest BCUT2D eigenvalue weighted by Gasteiger charge is -2.18. The second-order valence-electron chi connectivity index (χ2n) is 4.76. The third-order valence-electron chi connectivity index (χ3n) is 3.17. The first kappa shape index (κ1) is 11.9. The molecule has 0 saturated carbocycles. The van der Waals surface area contributed by atoms with Crippen LogP contribution in [0, 0.1) is 13.8 Å². The fourth-order valence-corrected chi connectivity index (χ4v) is 2.42. The Labute approximate surface area is 102 Å². The first-order valence-electron chi connectivity index (χ1n) is 5.92. The number of nitrogens with two attached hydrogens (primary N) is 1. The van der Waals surface area contributed by atoms with E-state index in [0.717, 1.165) is 22.3 Å². The molecular formula is C14H19N3. The number of pyridine rings is 1. The molecule has 1 aromatic carbocycles. The SMILES string of the molecule is Cc1nc2c(C)cccc2c(NN)c1C(C)C. The van der Waals surface area contributed by atoms with E-state index in [2.05, 4.69) is 38.3 Å². The van der Waals surface area contributed by atoms with Crippen molar-refractivity contribution in [2.45, 2.75) is 33.6 Å². The molecule has 0 fully saturated rings. The van der Waals surface area contributed by atoms with Crippen molar-refractivity contribution < 1.29 is 0 Å². The predicted octanol–water partition coefficient (Wildman–Crippen LogP) is 3.26. The van der Waals surface area contributed by atoms with E-state index in [9.17, 15) is 0 Å². The summed E-state index contributed by atoms with van der Waals surface area (Å²) in [7, 11) is 0. The van der Waals surface area contributed by atoms with Gasteiger partial charge in [-0.3, -0.25) is 10.8 Å². The summed E-state index contributed by atoms with van der Waals surface area (Å²) in [4.78, 5) is 4.71. The number of hydrogen-bond donors (Lipinski definition) is 2. The van der Waals surface area contributed by atoms with E-state index < -0.39 is 0 Å². The van der Waals surface area contributed by atoms with Gasteiger partial charge in [0.1, 0.15) is 0 Å². The van der Waals surface area contributed by atoms with Gasteiger partial charge in [-0.15, -0.1) is 0 Å². The van der Waals surface area contributed by atoms with Crippen molar-refractivity contribution in [3.63, 3.8) is 0 Å². The Morgan fingerprint density at radius 3 is 2.53 bits per heavy atom. The van der Waals surface area contributed by atoms with Crippen LogP contribution >= 0.6 is 0 Å². The zero-order chi connectivity index (χ0) is 12.6. The van der Waals surface area contributed by atoms with Crippen LogP contribution in [0.3, 0.4) is 0 Å². The maximum absolute atomic E-state index is 5.70. The van der Waals surface area contributed by atoms with Crippen LogP contribution in [0.5, 0.6) is 0 Å². The van der Waals surface area contributed by atoms with E-state index in [1.165, 1.54) is 11.1 Å². The van der Waals surface area contributed by atoms with Crippen LogP contribution in [0.4, 0.5) is 5.69 Å². The summed E-state index contributed by atoms with van der Waals surface area (Å²) in [6.07, 6.45) is 0. The molecule has 0 amide bonds. The predicted molar refractivity (Wildman–Crippen MR) is 73.1 cm³/mol. The Hall–Kier alpha value is -1.61. The first-order valence-corrected chi connectivity index (χ1v) is 5.92. The molecule has 3 N–H and O–H groups in total. The number of hydrogen-bond acceptors (Lipinski definition) is 3. The molecule has 2 rings (SSSR count). The van der Waals surface area contributed by atoms with Gasteiger partial charge >= 0.3 is 0 Å². The summed E-state index contributed by atoms with van der Waals surface area (Å²) in [6.45, 7) is 8.44. The molecule has 0 atom stereocenters. The summed E-state index contributed by atoms with van der Waals surface area (Å²) < 4.78 is 0. The van der Waals surface area contributed by atoms with Crippen LogP contribution in [-0.4, -0.2) is 4.98 Å². The number of benzene rings is 1. The van der Waals surface area contributed by atoms with Crippen molar-refractivity contribution >= 4 is 16.6 Å². The number of rotatable bonds is 2. The van der Waals surface area contributed by atoms with Gasteiger partial charge in [-0.05, 0) is 25.3 Å². The van der Waals surface area contributed by atoms with Crippen molar-refractivity contribution in [2.75, 3.05) is 5.43 Å². The second-order valence-corrected chi connectivity index (χ2v) is 4.76. The van der Waals surface area contributed by atoms with E-state index in [-0.39, 0.29) is 0 Å². The molecule has 0 aliphatic heterocycles. The third kappa shape index (κ3) is 1.87. The Morgan fingerprint density at radius 1 is 1.24 bits per heavy atom. The van der Waals surface area contributed by atoms with Crippen LogP contribution in [0.25, 0.3) is 10.9 Å². The van der Waals surface area contributed by atoms with Gasteiger partial charge in [-0.25, -0.2) is 0 Å². The summed E-state index contributed by atoms with van der Waals surface area (Å²) in [5, 5.41) is 1.10. The number of para-hydroxylation sites is 1. The van der Waals surface area contributed by atoms with Crippen molar-refractivity contribution in [3.8, 4) is 0 Å². The summed E-state index contributed by atoms with van der Waals surface area (Å²) >= 11 is 0. The van der Waals surface area contributed by atoms with Gasteiger partial charge in [0, 0.05) is 16.6 Å². The molecule has 0 aliphatic carbocycles. The Kier molecular flexibility index (Phi) is 3.03. The number of aromatic nitrogens is 1. The molecule has 0 bridgehead atoms. The van der Waals surface area contributed by atoms with E-state index in [1.54, 1.807) is 0 Å². The highest BCUT2D eigenvalue weighted by atomic mass is 15.2. The highest BCUT2D eigenvalue weighted by Gasteiger charge is 2.15. The maximum atomic E-state index is 5.70. The number of anilines is 1. The van der Waals surface area contributed by atoms with Gasteiger partial charge in [0.05, 0.1) is 11.2 Å². The fraction of sp³-hybridized carbons (Fsp3) is 0.357. The molecule has 0 aliphatic rings. The normalized spacial score (nSPS) is 11.2. The van der Waals surface area contributed by atoms with Gasteiger partial charge in [0.2, 0.25) is 0 Å². The minimum absolute atomic E-state index is 0.401. The van der Waals surface area contributed by atoms with Crippen LogP contribution < -0.4 is 11.3 Å². The third-order valence-corrected chi connectivity index (χ3v) is 3.17. The number of hydrazine groups is 1. The molecule has 1 heterocycles. The van der Waals surface area contributed by atoms with Crippen LogP contribution in [0.15, 0.2) is 18.2 Å². The second kappa shape index (κ2) is 4.34. The van der Waals surface area contributed by atoms with Gasteiger partial charge in [0.25, 0.3) is 0 Å². The summed E-state index contributed by atoms with van der Waals surface area (Å²) in [5.41, 5.74) is 8.31. The lowest BCUT2D eigenvalue weighted by atomic mass is 9.96. The number of nitrogens with zero attached hydrogens (tertiary/aromatic N) is 1. The van der Waals surface area contributed by atoms with Crippen LogP contribution in [-0.2, 0) is 0 Å². The number of fused-ring (bicyclic) bond motifs is 1. The molecule has 3 nitrogen and oxygen atoms in total. The topological polar surface area (TPSA) is 50.9 Å². The van der Waals surface area contributed by atoms with E-state index in [1.807, 2.05) is 13.0 Å². The molecule has 3 heteroatoms.